The molecule has 24 heavy (non-hydrogen) atoms. The molecule has 7 nitrogen and oxygen atoms in total. The SMILES string of the molecule is COC(=O)C1=C(C=O)N=C(C)C(C(=O)O)C1c1ccccc1C#N. The number of carbonyl (C=O) groups is 3. The molecular weight excluding hydrogens is 312 g/mol. The van der Waals surface area contributed by atoms with Crippen LogP contribution in [0.25, 0.3) is 0 Å². The first-order valence-corrected chi connectivity index (χ1v) is 7.00. The lowest BCUT2D eigenvalue weighted by molar-refractivity contribution is -0.140. The van der Waals surface area contributed by atoms with Crippen LogP contribution in [0.4, 0.5) is 0 Å². The van der Waals surface area contributed by atoms with Crippen LogP contribution in [0.15, 0.2) is 40.5 Å². The van der Waals surface area contributed by atoms with E-state index < -0.39 is 23.8 Å². The Morgan fingerprint density at radius 2 is 2.04 bits per heavy atom. The van der Waals surface area contributed by atoms with Crippen molar-refractivity contribution in [1.29, 1.82) is 5.26 Å². The molecule has 0 saturated heterocycles. The quantitative estimate of drug-likeness (QED) is 0.661. The lowest BCUT2D eigenvalue weighted by atomic mass is 9.74. The maximum absolute atomic E-state index is 12.2. The molecule has 1 aromatic carbocycles. The second-order valence-electron chi connectivity index (χ2n) is 5.15. The summed E-state index contributed by atoms with van der Waals surface area (Å²) in [4.78, 5) is 39.3. The summed E-state index contributed by atoms with van der Waals surface area (Å²) in [7, 11) is 1.13. The first-order valence-electron chi connectivity index (χ1n) is 7.00. The molecule has 0 radical (unpaired) electrons. The van der Waals surface area contributed by atoms with Crippen LogP contribution in [0.2, 0.25) is 0 Å². The molecule has 1 aromatic rings. The van der Waals surface area contributed by atoms with Gasteiger partial charge in [-0.05, 0) is 18.6 Å². The number of hydrogen-bond donors (Lipinski definition) is 1. The molecule has 2 unspecified atom stereocenters. The minimum atomic E-state index is -1.21. The molecule has 1 aliphatic heterocycles. The number of carbonyl (C=O) groups excluding carboxylic acids is 2. The van der Waals surface area contributed by atoms with Gasteiger partial charge in [0.15, 0.2) is 6.29 Å². The van der Waals surface area contributed by atoms with Crippen molar-refractivity contribution < 1.29 is 24.2 Å². The molecule has 0 aromatic heterocycles. The predicted molar refractivity (Wildman–Crippen MR) is 83.2 cm³/mol. The Labute approximate surface area is 137 Å². The molecule has 122 valence electrons. The number of allylic oxidation sites excluding steroid dienone is 1. The average molecular weight is 326 g/mol. The molecule has 1 N–H and O–H groups in total. The molecule has 0 fully saturated rings. The van der Waals surface area contributed by atoms with E-state index in [4.69, 9.17) is 4.74 Å². The number of aliphatic carboxylic acids is 1. The molecule has 0 saturated carbocycles. The highest BCUT2D eigenvalue weighted by Gasteiger charge is 2.43. The molecule has 7 heteroatoms. The van der Waals surface area contributed by atoms with E-state index in [1.54, 1.807) is 18.2 Å². The minimum Gasteiger partial charge on any atom is -0.481 e. The number of ether oxygens (including phenoxy) is 1. The van der Waals surface area contributed by atoms with Crippen molar-refractivity contribution in [1.82, 2.24) is 0 Å². The van der Waals surface area contributed by atoms with Crippen LogP contribution in [0, 0.1) is 17.2 Å². The van der Waals surface area contributed by atoms with E-state index in [0.717, 1.165) is 7.11 Å². The second-order valence-corrected chi connectivity index (χ2v) is 5.15. The number of nitriles is 1. The van der Waals surface area contributed by atoms with E-state index >= 15 is 0 Å². The van der Waals surface area contributed by atoms with Gasteiger partial charge in [-0.2, -0.15) is 5.26 Å². The van der Waals surface area contributed by atoms with Gasteiger partial charge in [0.1, 0.15) is 11.6 Å². The van der Waals surface area contributed by atoms with Crippen LogP contribution in [-0.4, -0.2) is 36.2 Å². The molecule has 1 aliphatic rings. The molecule has 2 atom stereocenters. The largest absolute Gasteiger partial charge is 0.481 e. The molecule has 0 spiro atoms. The third-order valence-electron chi connectivity index (χ3n) is 3.87. The second kappa shape index (κ2) is 6.87. The van der Waals surface area contributed by atoms with Gasteiger partial charge in [0, 0.05) is 11.6 Å². The van der Waals surface area contributed by atoms with Gasteiger partial charge in [-0.1, -0.05) is 18.2 Å². The standard InChI is InChI=1S/C17H14N2O5/c1-9-13(16(21)22)14(11-6-4-3-5-10(11)7-18)15(17(23)24-2)12(8-20)19-9/h3-6,8,13-14H,1-2H3,(H,21,22). The first kappa shape index (κ1) is 17.1. The number of aldehydes is 1. The van der Waals surface area contributed by atoms with Gasteiger partial charge in [-0.3, -0.25) is 14.6 Å². The van der Waals surface area contributed by atoms with Crippen molar-refractivity contribution in [3.8, 4) is 6.07 Å². The van der Waals surface area contributed by atoms with E-state index in [0.29, 0.717) is 11.8 Å². The number of nitrogens with zero attached hydrogens (tertiary/aromatic N) is 2. The smallest absolute Gasteiger partial charge is 0.336 e. The zero-order chi connectivity index (χ0) is 17.9. The van der Waals surface area contributed by atoms with E-state index in [9.17, 15) is 24.8 Å². The van der Waals surface area contributed by atoms with E-state index in [1.807, 2.05) is 6.07 Å². The molecule has 0 aliphatic carbocycles. The van der Waals surface area contributed by atoms with Gasteiger partial charge in [0.05, 0.1) is 24.3 Å². The summed E-state index contributed by atoms with van der Waals surface area (Å²) in [6, 6.07) is 8.32. The van der Waals surface area contributed by atoms with Gasteiger partial charge in [-0.15, -0.1) is 0 Å². The normalized spacial score (nSPS) is 20.0. The van der Waals surface area contributed by atoms with Gasteiger partial charge in [-0.25, -0.2) is 4.79 Å². The van der Waals surface area contributed by atoms with Crippen molar-refractivity contribution >= 4 is 23.9 Å². The predicted octanol–water partition coefficient (Wildman–Crippen LogP) is 1.44. The highest BCUT2D eigenvalue weighted by Crippen LogP contribution is 2.40. The Morgan fingerprint density at radius 1 is 1.38 bits per heavy atom. The van der Waals surface area contributed by atoms with E-state index in [-0.39, 0.29) is 22.5 Å². The monoisotopic (exact) mass is 326 g/mol. The maximum Gasteiger partial charge on any atom is 0.336 e. The Hall–Kier alpha value is -3.27. The topological polar surface area (TPSA) is 117 Å². The number of esters is 1. The number of hydrogen-bond acceptors (Lipinski definition) is 6. The minimum absolute atomic E-state index is 0.159. The number of methoxy groups -OCH3 is 1. The fraction of sp³-hybridized carbons (Fsp3) is 0.235. The summed E-state index contributed by atoms with van der Waals surface area (Å²) in [6.45, 7) is 1.47. The van der Waals surface area contributed by atoms with Crippen molar-refractivity contribution in [3.63, 3.8) is 0 Å². The number of benzene rings is 1. The fourth-order valence-corrected chi connectivity index (χ4v) is 2.84. The van der Waals surface area contributed by atoms with E-state index in [1.165, 1.54) is 13.0 Å². The summed E-state index contributed by atoms with van der Waals surface area (Å²) in [6.07, 6.45) is 0.385. The zero-order valence-electron chi connectivity index (χ0n) is 13.0. The third-order valence-corrected chi connectivity index (χ3v) is 3.87. The maximum atomic E-state index is 12.2. The van der Waals surface area contributed by atoms with Gasteiger partial charge in [0.2, 0.25) is 0 Å². The molecular formula is C17H14N2O5. The summed E-state index contributed by atoms with van der Waals surface area (Å²) in [5.74, 6) is -4.28. The molecule has 0 amide bonds. The zero-order valence-corrected chi connectivity index (χ0v) is 13.0. The summed E-state index contributed by atoms with van der Waals surface area (Å²) < 4.78 is 4.71. The van der Waals surface area contributed by atoms with Crippen LogP contribution in [0.1, 0.15) is 24.0 Å². The molecule has 2 rings (SSSR count). The van der Waals surface area contributed by atoms with Crippen molar-refractivity contribution in [3.05, 3.63) is 46.7 Å². The van der Waals surface area contributed by atoms with Gasteiger partial charge >= 0.3 is 11.9 Å². The lowest BCUT2D eigenvalue weighted by Crippen LogP contribution is -2.36. The lowest BCUT2D eigenvalue weighted by Gasteiger charge is -2.30. The summed E-state index contributed by atoms with van der Waals surface area (Å²) in [5, 5.41) is 18.9. The Bertz CT molecular complexity index is 817. The summed E-state index contributed by atoms with van der Waals surface area (Å²) in [5.41, 5.74) is 0.384. The van der Waals surface area contributed by atoms with Gasteiger partial charge in [0.25, 0.3) is 0 Å². The number of carboxylic acid groups (broad SMARTS) is 1. The van der Waals surface area contributed by atoms with Crippen molar-refractivity contribution in [2.24, 2.45) is 10.9 Å². The number of carboxylic acids is 1. The Balaban J connectivity index is 2.82. The van der Waals surface area contributed by atoms with Crippen LogP contribution in [-0.2, 0) is 19.1 Å². The van der Waals surface area contributed by atoms with Crippen LogP contribution in [0.3, 0.4) is 0 Å². The Kier molecular flexibility index (Phi) is 4.90. The number of aliphatic imine (C=N–C) groups is 1. The molecule has 1 heterocycles. The van der Waals surface area contributed by atoms with Crippen LogP contribution < -0.4 is 0 Å². The van der Waals surface area contributed by atoms with Crippen LogP contribution >= 0.6 is 0 Å². The molecule has 0 bridgehead atoms. The third kappa shape index (κ3) is 2.82. The van der Waals surface area contributed by atoms with Crippen molar-refractivity contribution in [2.45, 2.75) is 12.8 Å². The van der Waals surface area contributed by atoms with Gasteiger partial charge < -0.3 is 9.84 Å². The van der Waals surface area contributed by atoms with Crippen LogP contribution in [0.5, 0.6) is 0 Å². The fourth-order valence-electron chi connectivity index (χ4n) is 2.84. The highest BCUT2D eigenvalue weighted by molar-refractivity contribution is 6.09. The first-order chi connectivity index (χ1) is 11.5. The highest BCUT2D eigenvalue weighted by atomic mass is 16.5. The van der Waals surface area contributed by atoms with E-state index in [2.05, 4.69) is 4.99 Å². The van der Waals surface area contributed by atoms with Crippen molar-refractivity contribution in [2.75, 3.05) is 7.11 Å². The Morgan fingerprint density at radius 3 is 2.58 bits per heavy atom. The summed E-state index contributed by atoms with van der Waals surface area (Å²) >= 11 is 0. The average Bonchev–Trinajstić information content (AvgIpc) is 2.59. The number of rotatable bonds is 4.